The highest BCUT2D eigenvalue weighted by Gasteiger charge is 2.04. The molecule has 0 aliphatic carbocycles. The highest BCUT2D eigenvalue weighted by atomic mass is 127. The van der Waals surface area contributed by atoms with Crippen molar-refractivity contribution in [3.63, 3.8) is 0 Å². The van der Waals surface area contributed by atoms with Crippen molar-refractivity contribution in [2.24, 2.45) is 4.99 Å². The number of hydrogen-bond donors (Lipinski definition) is 2. The number of nitrogens with one attached hydrogen (secondary N) is 2. The minimum absolute atomic E-state index is 0. The fourth-order valence-electron chi connectivity index (χ4n) is 1.85. The van der Waals surface area contributed by atoms with Crippen molar-refractivity contribution >= 4 is 40.7 Å². The molecular weight excluding hydrogens is 423 g/mol. The predicted octanol–water partition coefficient (Wildman–Crippen LogP) is 2.17. The molecule has 1 aromatic carbocycles. The van der Waals surface area contributed by atoms with Crippen LogP contribution in [0.1, 0.15) is 5.69 Å². The van der Waals surface area contributed by atoms with Crippen molar-refractivity contribution in [1.82, 2.24) is 15.6 Å². The lowest BCUT2D eigenvalue weighted by Gasteiger charge is -2.11. The first-order valence-electron chi connectivity index (χ1n) is 7.07. The number of pyridine rings is 1. The number of halogens is 1. The van der Waals surface area contributed by atoms with Crippen molar-refractivity contribution in [1.29, 1.82) is 0 Å². The molecule has 2 N–H and O–H groups in total. The summed E-state index contributed by atoms with van der Waals surface area (Å²) in [5, 5.41) is 6.34. The Hall–Kier alpha value is -1.48. The fraction of sp³-hybridized carbons (Fsp3) is 0.250. The Kier molecular flexibility index (Phi) is 9.46. The molecule has 0 aliphatic heterocycles. The zero-order chi connectivity index (χ0) is 15.6. The molecule has 2 rings (SSSR count). The summed E-state index contributed by atoms with van der Waals surface area (Å²) in [6.07, 6.45) is 1.76. The first kappa shape index (κ1) is 19.6. The minimum Gasteiger partial charge on any atom is -0.355 e. The van der Waals surface area contributed by atoms with E-state index in [9.17, 15) is 4.21 Å². The molecular formula is C16H21IN4OS. The van der Waals surface area contributed by atoms with Gasteiger partial charge in [-0.05, 0) is 24.3 Å². The molecule has 124 valence electrons. The lowest BCUT2D eigenvalue weighted by Crippen LogP contribution is -2.38. The van der Waals surface area contributed by atoms with Crippen molar-refractivity contribution in [2.75, 3.05) is 19.3 Å². The van der Waals surface area contributed by atoms with Gasteiger partial charge in [-0.1, -0.05) is 24.3 Å². The predicted molar refractivity (Wildman–Crippen MR) is 106 cm³/mol. The van der Waals surface area contributed by atoms with Gasteiger partial charge in [0, 0.05) is 30.4 Å². The molecule has 2 aromatic rings. The first-order chi connectivity index (χ1) is 10.8. The monoisotopic (exact) mass is 444 g/mol. The molecule has 0 saturated heterocycles. The number of rotatable bonds is 6. The van der Waals surface area contributed by atoms with E-state index >= 15 is 0 Å². The maximum atomic E-state index is 12.1. The number of guanidine groups is 1. The maximum absolute atomic E-state index is 12.1. The normalized spacial score (nSPS) is 12.1. The van der Waals surface area contributed by atoms with E-state index in [0.717, 1.165) is 10.6 Å². The molecule has 1 atom stereocenters. The van der Waals surface area contributed by atoms with Gasteiger partial charge in [0.05, 0.1) is 23.0 Å². The van der Waals surface area contributed by atoms with E-state index in [1.807, 2.05) is 48.5 Å². The molecule has 0 saturated carbocycles. The van der Waals surface area contributed by atoms with Crippen LogP contribution in [0.25, 0.3) is 0 Å². The van der Waals surface area contributed by atoms with Gasteiger partial charge in [0.1, 0.15) is 0 Å². The molecule has 0 amide bonds. The van der Waals surface area contributed by atoms with Crippen LogP contribution < -0.4 is 10.6 Å². The van der Waals surface area contributed by atoms with Crippen LogP contribution in [-0.2, 0) is 17.3 Å². The van der Waals surface area contributed by atoms with Gasteiger partial charge >= 0.3 is 0 Å². The Labute approximate surface area is 156 Å². The summed E-state index contributed by atoms with van der Waals surface area (Å²) < 4.78 is 12.1. The van der Waals surface area contributed by atoms with Crippen LogP contribution in [0.3, 0.4) is 0 Å². The Morgan fingerprint density at radius 1 is 1.13 bits per heavy atom. The van der Waals surface area contributed by atoms with E-state index in [4.69, 9.17) is 0 Å². The molecule has 1 unspecified atom stereocenters. The zero-order valence-electron chi connectivity index (χ0n) is 12.9. The molecule has 7 heteroatoms. The van der Waals surface area contributed by atoms with E-state index in [-0.39, 0.29) is 24.0 Å². The van der Waals surface area contributed by atoms with Gasteiger partial charge in [-0.2, -0.15) is 0 Å². The number of nitrogens with zero attached hydrogens (tertiary/aromatic N) is 2. The number of hydrogen-bond acceptors (Lipinski definition) is 3. The summed E-state index contributed by atoms with van der Waals surface area (Å²) in [6, 6.07) is 15.3. The summed E-state index contributed by atoms with van der Waals surface area (Å²) in [6.45, 7) is 1.19. The minimum atomic E-state index is -0.999. The Balaban J connectivity index is 0.00000264. The summed E-state index contributed by atoms with van der Waals surface area (Å²) in [7, 11) is 0.711. The van der Waals surface area contributed by atoms with E-state index in [2.05, 4.69) is 20.6 Å². The van der Waals surface area contributed by atoms with Crippen LogP contribution in [-0.4, -0.2) is 34.5 Å². The van der Waals surface area contributed by atoms with Gasteiger partial charge in [-0.3, -0.25) is 14.2 Å². The van der Waals surface area contributed by atoms with Crippen LogP contribution in [0.5, 0.6) is 0 Å². The topological polar surface area (TPSA) is 66.4 Å². The standard InChI is InChI=1S/C16H20N4OS.HI/c1-17-16(20-13-14-7-5-6-10-18-14)19-11-12-22(21)15-8-3-2-4-9-15;/h2-10H,11-13H2,1H3,(H2,17,19,20);1H. The molecule has 0 aliphatic rings. The summed E-state index contributed by atoms with van der Waals surface area (Å²) >= 11 is 0. The Morgan fingerprint density at radius 3 is 2.52 bits per heavy atom. The third-order valence-corrected chi connectivity index (χ3v) is 4.35. The van der Waals surface area contributed by atoms with Crippen LogP contribution in [0.2, 0.25) is 0 Å². The largest absolute Gasteiger partial charge is 0.355 e. The van der Waals surface area contributed by atoms with Gasteiger partial charge < -0.3 is 10.6 Å². The second-order valence-electron chi connectivity index (χ2n) is 4.54. The molecule has 0 bridgehead atoms. The summed E-state index contributed by atoms with van der Waals surface area (Å²) in [5.41, 5.74) is 0.943. The average molecular weight is 444 g/mol. The highest BCUT2D eigenvalue weighted by molar-refractivity contribution is 14.0. The van der Waals surface area contributed by atoms with Gasteiger partial charge in [-0.15, -0.1) is 24.0 Å². The fourth-order valence-corrected chi connectivity index (χ4v) is 2.83. The molecule has 0 radical (unpaired) electrons. The van der Waals surface area contributed by atoms with Gasteiger partial charge in [0.15, 0.2) is 5.96 Å². The highest BCUT2D eigenvalue weighted by Crippen LogP contribution is 2.04. The lowest BCUT2D eigenvalue weighted by molar-refractivity contribution is 0.681. The lowest BCUT2D eigenvalue weighted by atomic mass is 10.3. The molecule has 0 fully saturated rings. The molecule has 5 nitrogen and oxygen atoms in total. The quantitative estimate of drug-likeness (QED) is 0.407. The Bertz CT molecular complexity index is 622. The van der Waals surface area contributed by atoms with E-state index in [0.29, 0.717) is 24.8 Å². The number of benzene rings is 1. The Morgan fingerprint density at radius 2 is 1.87 bits per heavy atom. The number of aliphatic imine (C=N–C) groups is 1. The van der Waals surface area contributed by atoms with Gasteiger partial charge in [0.2, 0.25) is 0 Å². The van der Waals surface area contributed by atoms with Crippen molar-refractivity contribution in [3.8, 4) is 0 Å². The van der Waals surface area contributed by atoms with E-state index in [1.165, 1.54) is 0 Å². The summed E-state index contributed by atoms with van der Waals surface area (Å²) in [4.78, 5) is 9.23. The molecule has 0 spiro atoms. The van der Waals surface area contributed by atoms with Crippen molar-refractivity contribution in [3.05, 3.63) is 60.4 Å². The SMILES string of the molecule is CN=C(NCCS(=O)c1ccccc1)NCc1ccccn1.I. The first-order valence-corrected chi connectivity index (χ1v) is 8.39. The zero-order valence-corrected chi connectivity index (χ0v) is 16.1. The summed E-state index contributed by atoms with van der Waals surface area (Å²) in [5.74, 6) is 1.21. The number of aromatic nitrogens is 1. The molecule has 1 heterocycles. The maximum Gasteiger partial charge on any atom is 0.191 e. The van der Waals surface area contributed by atoms with Crippen LogP contribution >= 0.6 is 24.0 Å². The third-order valence-electron chi connectivity index (χ3n) is 2.97. The third kappa shape index (κ3) is 7.08. The van der Waals surface area contributed by atoms with E-state index < -0.39 is 10.8 Å². The van der Waals surface area contributed by atoms with Gasteiger partial charge in [0.25, 0.3) is 0 Å². The van der Waals surface area contributed by atoms with Crippen molar-refractivity contribution < 1.29 is 4.21 Å². The molecule has 23 heavy (non-hydrogen) atoms. The smallest absolute Gasteiger partial charge is 0.191 e. The van der Waals surface area contributed by atoms with Gasteiger partial charge in [-0.25, -0.2) is 0 Å². The second kappa shape index (κ2) is 11.1. The molecule has 1 aromatic heterocycles. The second-order valence-corrected chi connectivity index (χ2v) is 6.11. The van der Waals surface area contributed by atoms with E-state index in [1.54, 1.807) is 13.2 Å². The van der Waals surface area contributed by atoms with Crippen LogP contribution in [0, 0.1) is 0 Å². The van der Waals surface area contributed by atoms with Crippen LogP contribution in [0.15, 0.2) is 64.6 Å². The average Bonchev–Trinajstić information content (AvgIpc) is 2.59. The van der Waals surface area contributed by atoms with Crippen molar-refractivity contribution in [2.45, 2.75) is 11.4 Å². The van der Waals surface area contributed by atoms with Crippen LogP contribution in [0.4, 0.5) is 0 Å².